The van der Waals surface area contributed by atoms with Gasteiger partial charge in [-0.1, -0.05) is 12.1 Å². The van der Waals surface area contributed by atoms with E-state index in [0.29, 0.717) is 23.0 Å². The van der Waals surface area contributed by atoms with Gasteiger partial charge in [0.05, 0.1) is 22.7 Å². The molecule has 0 aliphatic carbocycles. The second kappa shape index (κ2) is 7.34. The first-order valence-corrected chi connectivity index (χ1v) is 9.38. The summed E-state index contributed by atoms with van der Waals surface area (Å²) < 4.78 is 3.27. The van der Waals surface area contributed by atoms with Gasteiger partial charge < -0.3 is 0 Å². The highest BCUT2D eigenvalue weighted by Crippen LogP contribution is 2.17. The number of hydrazine groups is 1. The molecule has 0 atom stereocenters. The fourth-order valence-electron chi connectivity index (χ4n) is 3.18. The summed E-state index contributed by atoms with van der Waals surface area (Å²) in [6.07, 6.45) is 3.19. The number of aromatic nitrogens is 5. The van der Waals surface area contributed by atoms with Crippen LogP contribution in [0.5, 0.6) is 0 Å². The molecule has 3 heterocycles. The van der Waals surface area contributed by atoms with Crippen LogP contribution in [0.1, 0.15) is 37.2 Å². The van der Waals surface area contributed by atoms with Crippen LogP contribution in [-0.4, -0.2) is 30.2 Å². The summed E-state index contributed by atoms with van der Waals surface area (Å²) >= 11 is 0. The van der Waals surface area contributed by atoms with Crippen LogP contribution in [0.2, 0.25) is 0 Å². The fraction of sp³-hybridized carbons (Fsp3) is 0.250. The van der Waals surface area contributed by atoms with Gasteiger partial charge in [0, 0.05) is 24.2 Å². The lowest BCUT2D eigenvalue weighted by molar-refractivity contribution is 0.0962. The Morgan fingerprint density at radius 1 is 1.21 bits per heavy atom. The molecule has 29 heavy (non-hydrogen) atoms. The van der Waals surface area contributed by atoms with Crippen molar-refractivity contribution in [1.82, 2.24) is 29.7 Å². The average molecular weight is 391 g/mol. The first-order valence-electron chi connectivity index (χ1n) is 9.38. The third kappa shape index (κ3) is 3.31. The van der Waals surface area contributed by atoms with Crippen molar-refractivity contribution in [2.75, 3.05) is 5.43 Å². The predicted octanol–water partition coefficient (Wildman–Crippen LogP) is 2.50. The summed E-state index contributed by atoms with van der Waals surface area (Å²) in [5.41, 5.74) is 6.86. The summed E-state index contributed by atoms with van der Waals surface area (Å²) in [6.45, 7) is 6.29. The maximum Gasteiger partial charge on any atom is 0.271 e. The standard InChI is InChI=1S/C20H21N7O2/c1-4-26-19(29)15-7-5-6-8-16(15)23-20(26)25-24-18(28)14-9-13-11-22-27(12(2)3)17(13)21-10-14/h5-12H,4H2,1-3H3,(H,23,25)(H,24,28). The Hall–Kier alpha value is -3.75. The minimum Gasteiger partial charge on any atom is -0.277 e. The number of pyridine rings is 1. The molecule has 1 amide bonds. The molecule has 148 valence electrons. The Morgan fingerprint density at radius 2 is 2.00 bits per heavy atom. The van der Waals surface area contributed by atoms with Gasteiger partial charge in [0.15, 0.2) is 5.65 Å². The van der Waals surface area contributed by atoms with Gasteiger partial charge in [-0.3, -0.25) is 25.0 Å². The van der Waals surface area contributed by atoms with E-state index in [1.165, 1.54) is 10.8 Å². The largest absolute Gasteiger partial charge is 0.277 e. The van der Waals surface area contributed by atoms with E-state index in [0.717, 1.165) is 11.0 Å². The zero-order valence-corrected chi connectivity index (χ0v) is 16.4. The van der Waals surface area contributed by atoms with Gasteiger partial charge in [0.2, 0.25) is 5.95 Å². The number of fused-ring (bicyclic) bond motifs is 2. The van der Waals surface area contributed by atoms with Gasteiger partial charge >= 0.3 is 0 Å². The van der Waals surface area contributed by atoms with Crippen molar-refractivity contribution in [3.8, 4) is 0 Å². The first-order chi connectivity index (χ1) is 14.0. The summed E-state index contributed by atoms with van der Waals surface area (Å²) in [6, 6.07) is 9.00. The van der Waals surface area contributed by atoms with Gasteiger partial charge in [0.1, 0.15) is 0 Å². The van der Waals surface area contributed by atoms with Gasteiger partial charge in [-0.25, -0.2) is 14.6 Å². The zero-order chi connectivity index (χ0) is 20.5. The molecule has 0 bridgehead atoms. The Kier molecular flexibility index (Phi) is 4.71. The van der Waals surface area contributed by atoms with E-state index >= 15 is 0 Å². The van der Waals surface area contributed by atoms with Gasteiger partial charge in [-0.15, -0.1) is 0 Å². The molecule has 3 aromatic heterocycles. The number of hydrogen-bond donors (Lipinski definition) is 2. The maximum atomic E-state index is 12.6. The Bertz CT molecular complexity index is 1270. The summed E-state index contributed by atoms with van der Waals surface area (Å²) in [5.74, 6) is -0.118. The molecule has 9 heteroatoms. The van der Waals surface area contributed by atoms with E-state index in [-0.39, 0.29) is 23.5 Å². The van der Waals surface area contributed by atoms with Gasteiger partial charge in [0.25, 0.3) is 11.5 Å². The third-order valence-electron chi connectivity index (χ3n) is 4.65. The number of amides is 1. The van der Waals surface area contributed by atoms with Crippen LogP contribution in [-0.2, 0) is 6.54 Å². The van der Waals surface area contributed by atoms with Crippen LogP contribution in [0.4, 0.5) is 5.95 Å². The van der Waals surface area contributed by atoms with Crippen molar-refractivity contribution in [1.29, 1.82) is 0 Å². The smallest absolute Gasteiger partial charge is 0.271 e. The molecule has 9 nitrogen and oxygen atoms in total. The van der Waals surface area contributed by atoms with Crippen LogP contribution in [0.25, 0.3) is 21.9 Å². The van der Waals surface area contributed by atoms with E-state index < -0.39 is 0 Å². The van der Waals surface area contributed by atoms with E-state index in [2.05, 4.69) is 25.9 Å². The fourth-order valence-corrected chi connectivity index (χ4v) is 3.18. The van der Waals surface area contributed by atoms with E-state index in [4.69, 9.17) is 0 Å². The van der Waals surface area contributed by atoms with Crippen molar-refractivity contribution < 1.29 is 4.79 Å². The van der Waals surface area contributed by atoms with Gasteiger partial charge in [-0.2, -0.15) is 5.10 Å². The van der Waals surface area contributed by atoms with E-state index in [1.54, 1.807) is 35.1 Å². The molecule has 0 saturated carbocycles. The lowest BCUT2D eigenvalue weighted by Crippen LogP contribution is -2.34. The Balaban J connectivity index is 1.60. The third-order valence-corrected chi connectivity index (χ3v) is 4.65. The van der Waals surface area contributed by atoms with Crippen molar-refractivity contribution in [2.45, 2.75) is 33.4 Å². The molecule has 0 fully saturated rings. The quantitative estimate of drug-likeness (QED) is 0.506. The number of hydrogen-bond acceptors (Lipinski definition) is 6. The van der Waals surface area contributed by atoms with Crippen LogP contribution < -0.4 is 16.4 Å². The number of nitrogens with one attached hydrogen (secondary N) is 2. The highest BCUT2D eigenvalue weighted by atomic mass is 16.2. The SMILES string of the molecule is CCn1c(NNC(=O)c2cnc3c(cnn3C(C)C)c2)nc2ccccc2c1=O. The molecule has 0 aliphatic heterocycles. The number of carbonyl (C=O) groups is 1. The number of carbonyl (C=O) groups excluding carboxylic acids is 1. The highest BCUT2D eigenvalue weighted by Gasteiger charge is 2.14. The van der Waals surface area contributed by atoms with Crippen molar-refractivity contribution in [2.24, 2.45) is 0 Å². The summed E-state index contributed by atoms with van der Waals surface area (Å²) in [7, 11) is 0. The first kappa shape index (κ1) is 18.6. The number of benzene rings is 1. The second-order valence-electron chi connectivity index (χ2n) is 6.90. The summed E-state index contributed by atoms with van der Waals surface area (Å²) in [4.78, 5) is 34.1. The lowest BCUT2D eigenvalue weighted by Gasteiger charge is -2.14. The minimum atomic E-state index is -0.387. The molecule has 4 aromatic rings. The Morgan fingerprint density at radius 3 is 2.76 bits per heavy atom. The second-order valence-corrected chi connectivity index (χ2v) is 6.90. The van der Waals surface area contributed by atoms with Crippen molar-refractivity contribution in [3.63, 3.8) is 0 Å². The summed E-state index contributed by atoms with van der Waals surface area (Å²) in [5, 5.41) is 5.62. The zero-order valence-electron chi connectivity index (χ0n) is 16.4. The molecule has 0 spiro atoms. The number of para-hydroxylation sites is 1. The van der Waals surface area contributed by atoms with Crippen molar-refractivity contribution in [3.05, 3.63) is 58.6 Å². The average Bonchev–Trinajstić information content (AvgIpc) is 3.15. The van der Waals surface area contributed by atoms with E-state index in [1.807, 2.05) is 26.8 Å². The molecule has 2 N–H and O–H groups in total. The van der Waals surface area contributed by atoms with Crippen LogP contribution >= 0.6 is 0 Å². The van der Waals surface area contributed by atoms with E-state index in [9.17, 15) is 9.59 Å². The molecule has 4 rings (SSSR count). The number of nitrogens with zero attached hydrogens (tertiary/aromatic N) is 5. The van der Waals surface area contributed by atoms with Crippen molar-refractivity contribution >= 4 is 33.8 Å². The predicted molar refractivity (Wildman–Crippen MR) is 111 cm³/mol. The van der Waals surface area contributed by atoms with Gasteiger partial charge in [-0.05, 0) is 39.0 Å². The topological polar surface area (TPSA) is 107 Å². The Labute approximate surface area is 166 Å². The highest BCUT2D eigenvalue weighted by molar-refractivity contribution is 5.97. The van der Waals surface area contributed by atoms with Crippen LogP contribution in [0.3, 0.4) is 0 Å². The molecule has 0 unspecified atom stereocenters. The molecule has 1 aromatic carbocycles. The molecule has 0 saturated heterocycles. The molecule has 0 aliphatic rings. The monoisotopic (exact) mass is 391 g/mol. The lowest BCUT2D eigenvalue weighted by atomic mass is 10.2. The molecule has 0 radical (unpaired) electrons. The molecular formula is C20H21N7O2. The number of rotatable bonds is 5. The molecular weight excluding hydrogens is 370 g/mol. The van der Waals surface area contributed by atoms with Crippen LogP contribution in [0.15, 0.2) is 47.5 Å². The number of anilines is 1. The normalized spacial score (nSPS) is 11.3. The minimum absolute atomic E-state index is 0.168. The maximum absolute atomic E-state index is 12.6. The van der Waals surface area contributed by atoms with Crippen LogP contribution in [0, 0.1) is 0 Å².